The SMILES string of the molecule is CCCCC(C#N)NS(=O)(=O)c1ccc(C(F)(F)F)cc1. The molecule has 0 spiro atoms. The van der Waals surface area contributed by atoms with Gasteiger partial charge in [-0.1, -0.05) is 19.8 Å². The number of hydrogen-bond acceptors (Lipinski definition) is 3. The Morgan fingerprint density at radius 1 is 1.29 bits per heavy atom. The maximum Gasteiger partial charge on any atom is 0.416 e. The topological polar surface area (TPSA) is 70.0 Å². The summed E-state index contributed by atoms with van der Waals surface area (Å²) in [5.74, 6) is 0. The van der Waals surface area contributed by atoms with E-state index in [-0.39, 0.29) is 4.90 Å². The van der Waals surface area contributed by atoms with E-state index in [4.69, 9.17) is 5.26 Å². The van der Waals surface area contributed by atoms with Crippen LogP contribution in [-0.4, -0.2) is 14.5 Å². The summed E-state index contributed by atoms with van der Waals surface area (Å²) in [6.07, 6.45) is -2.69. The summed E-state index contributed by atoms with van der Waals surface area (Å²) in [4.78, 5) is -0.299. The Balaban J connectivity index is 2.90. The van der Waals surface area contributed by atoms with E-state index in [1.54, 1.807) is 0 Å². The molecule has 0 bridgehead atoms. The molecule has 1 rings (SSSR count). The van der Waals surface area contributed by atoms with Crippen molar-refractivity contribution in [2.24, 2.45) is 0 Å². The van der Waals surface area contributed by atoms with Crippen LogP contribution in [0.2, 0.25) is 0 Å². The van der Waals surface area contributed by atoms with E-state index in [9.17, 15) is 21.6 Å². The average Bonchev–Trinajstić information content (AvgIpc) is 2.42. The molecular formula is C13H15F3N2O2S. The van der Waals surface area contributed by atoms with E-state index in [1.807, 2.05) is 13.0 Å². The van der Waals surface area contributed by atoms with E-state index in [0.717, 1.165) is 18.6 Å². The van der Waals surface area contributed by atoms with Gasteiger partial charge in [0.05, 0.1) is 16.5 Å². The predicted molar refractivity (Wildman–Crippen MR) is 70.7 cm³/mol. The molecule has 0 aliphatic heterocycles. The van der Waals surface area contributed by atoms with Gasteiger partial charge in [-0.3, -0.25) is 0 Å². The van der Waals surface area contributed by atoms with Gasteiger partial charge in [0, 0.05) is 0 Å². The second-order valence-corrected chi connectivity index (χ2v) is 6.18. The first-order valence-corrected chi connectivity index (χ1v) is 7.78. The molecule has 1 N–H and O–H groups in total. The standard InChI is InChI=1S/C13H15F3N2O2S/c1-2-3-4-11(9-17)18-21(19,20)12-7-5-10(6-8-12)13(14,15)16/h5-8,11,18H,2-4H2,1H3. The summed E-state index contributed by atoms with van der Waals surface area (Å²) in [7, 11) is -4.00. The molecule has 1 atom stereocenters. The van der Waals surface area contributed by atoms with Crippen molar-refractivity contribution in [3.8, 4) is 6.07 Å². The number of nitrogens with zero attached hydrogens (tertiary/aromatic N) is 1. The van der Waals surface area contributed by atoms with Crippen molar-refractivity contribution in [3.05, 3.63) is 29.8 Å². The molecule has 1 aromatic carbocycles. The summed E-state index contributed by atoms with van der Waals surface area (Å²) in [6.45, 7) is 1.90. The molecule has 0 saturated heterocycles. The minimum Gasteiger partial charge on any atom is -0.207 e. The molecule has 8 heteroatoms. The summed E-state index contributed by atoms with van der Waals surface area (Å²) in [5, 5.41) is 8.89. The Morgan fingerprint density at radius 3 is 2.29 bits per heavy atom. The van der Waals surface area contributed by atoms with Crippen molar-refractivity contribution in [1.82, 2.24) is 4.72 Å². The molecule has 21 heavy (non-hydrogen) atoms. The summed E-state index contributed by atoms with van der Waals surface area (Å²) in [6, 6.07) is 4.08. The lowest BCUT2D eigenvalue weighted by Crippen LogP contribution is -2.33. The lowest BCUT2D eigenvalue weighted by atomic mass is 10.1. The lowest BCUT2D eigenvalue weighted by molar-refractivity contribution is -0.137. The quantitative estimate of drug-likeness (QED) is 0.875. The molecule has 0 fully saturated rings. The Labute approximate surface area is 121 Å². The maximum absolute atomic E-state index is 12.4. The van der Waals surface area contributed by atoms with Crippen LogP contribution in [0, 0.1) is 11.3 Å². The molecule has 0 amide bonds. The molecule has 0 aliphatic rings. The number of rotatable bonds is 6. The number of nitriles is 1. The van der Waals surface area contributed by atoms with Gasteiger partial charge in [-0.2, -0.15) is 23.2 Å². The zero-order chi connectivity index (χ0) is 16.1. The third-order valence-electron chi connectivity index (χ3n) is 2.79. The normalized spacial score (nSPS) is 13.7. The van der Waals surface area contributed by atoms with Crippen molar-refractivity contribution < 1.29 is 21.6 Å². The number of nitrogens with one attached hydrogen (secondary N) is 1. The largest absolute Gasteiger partial charge is 0.416 e. The van der Waals surface area contributed by atoms with E-state index in [2.05, 4.69) is 4.72 Å². The lowest BCUT2D eigenvalue weighted by Gasteiger charge is -2.12. The highest BCUT2D eigenvalue weighted by atomic mass is 32.2. The summed E-state index contributed by atoms with van der Waals surface area (Å²) in [5.41, 5.74) is -0.927. The predicted octanol–water partition coefficient (Wildman–Crippen LogP) is 3.07. The monoisotopic (exact) mass is 320 g/mol. The van der Waals surface area contributed by atoms with Crippen LogP contribution in [0.15, 0.2) is 29.2 Å². The van der Waals surface area contributed by atoms with Crippen LogP contribution in [-0.2, 0) is 16.2 Å². The van der Waals surface area contributed by atoms with Gasteiger partial charge < -0.3 is 0 Å². The van der Waals surface area contributed by atoms with E-state index in [0.29, 0.717) is 25.0 Å². The fourth-order valence-corrected chi connectivity index (χ4v) is 2.81. The van der Waals surface area contributed by atoms with E-state index >= 15 is 0 Å². The molecule has 1 unspecified atom stereocenters. The van der Waals surface area contributed by atoms with E-state index < -0.39 is 27.8 Å². The Morgan fingerprint density at radius 2 is 1.86 bits per heavy atom. The number of hydrogen-bond donors (Lipinski definition) is 1. The van der Waals surface area contributed by atoms with Crippen molar-refractivity contribution in [2.75, 3.05) is 0 Å². The second-order valence-electron chi connectivity index (χ2n) is 4.47. The van der Waals surface area contributed by atoms with Gasteiger partial charge in [0.25, 0.3) is 0 Å². The molecule has 0 saturated carbocycles. The van der Waals surface area contributed by atoms with Crippen LogP contribution in [0.1, 0.15) is 31.7 Å². The molecule has 0 heterocycles. The van der Waals surface area contributed by atoms with Gasteiger partial charge >= 0.3 is 6.18 Å². The highest BCUT2D eigenvalue weighted by Crippen LogP contribution is 2.29. The molecule has 0 aliphatic carbocycles. The van der Waals surface area contributed by atoms with Crippen LogP contribution in [0.5, 0.6) is 0 Å². The molecule has 4 nitrogen and oxygen atoms in total. The summed E-state index contributed by atoms with van der Waals surface area (Å²) >= 11 is 0. The van der Waals surface area contributed by atoms with Crippen molar-refractivity contribution >= 4 is 10.0 Å². The average molecular weight is 320 g/mol. The van der Waals surface area contributed by atoms with Crippen LogP contribution in [0.3, 0.4) is 0 Å². The smallest absolute Gasteiger partial charge is 0.207 e. The minimum atomic E-state index is -4.52. The number of sulfonamides is 1. The maximum atomic E-state index is 12.4. The van der Waals surface area contributed by atoms with Gasteiger partial charge in [0.15, 0.2) is 0 Å². The first kappa shape index (κ1) is 17.5. The molecular weight excluding hydrogens is 305 g/mol. The Hall–Kier alpha value is -1.59. The van der Waals surface area contributed by atoms with Crippen LogP contribution in [0.4, 0.5) is 13.2 Å². The third kappa shape index (κ3) is 5.02. The number of halogens is 3. The van der Waals surface area contributed by atoms with Gasteiger partial charge in [0.2, 0.25) is 10.0 Å². The van der Waals surface area contributed by atoms with Crippen molar-refractivity contribution in [2.45, 2.75) is 43.3 Å². The molecule has 1 aromatic rings. The molecule has 116 valence electrons. The zero-order valence-corrected chi connectivity index (χ0v) is 12.1. The minimum absolute atomic E-state index is 0.299. The fraction of sp³-hybridized carbons (Fsp3) is 0.462. The first-order chi connectivity index (χ1) is 9.70. The molecule has 0 radical (unpaired) electrons. The van der Waals surface area contributed by atoms with Crippen LogP contribution in [0.25, 0.3) is 0 Å². The number of benzene rings is 1. The van der Waals surface area contributed by atoms with Gasteiger partial charge in [-0.25, -0.2) is 8.42 Å². The van der Waals surface area contributed by atoms with Gasteiger partial charge in [0.1, 0.15) is 6.04 Å². The highest BCUT2D eigenvalue weighted by Gasteiger charge is 2.30. The third-order valence-corrected chi connectivity index (χ3v) is 4.28. The van der Waals surface area contributed by atoms with Crippen molar-refractivity contribution in [1.29, 1.82) is 5.26 Å². The van der Waals surface area contributed by atoms with Crippen LogP contribution < -0.4 is 4.72 Å². The van der Waals surface area contributed by atoms with Crippen molar-refractivity contribution in [3.63, 3.8) is 0 Å². The Bertz CT molecular complexity index is 604. The second kappa shape index (κ2) is 6.91. The molecule has 0 aromatic heterocycles. The fourth-order valence-electron chi connectivity index (χ4n) is 1.64. The van der Waals surface area contributed by atoms with Crippen LogP contribution >= 0.6 is 0 Å². The first-order valence-electron chi connectivity index (χ1n) is 6.30. The summed E-state index contributed by atoms with van der Waals surface area (Å²) < 4.78 is 63.4. The number of alkyl halides is 3. The number of unbranched alkanes of at least 4 members (excludes halogenated alkanes) is 1. The Kier molecular flexibility index (Phi) is 5.75. The van der Waals surface area contributed by atoms with Gasteiger partial charge in [-0.15, -0.1) is 0 Å². The van der Waals surface area contributed by atoms with E-state index in [1.165, 1.54) is 0 Å². The van der Waals surface area contributed by atoms with Gasteiger partial charge in [-0.05, 0) is 30.7 Å². The zero-order valence-electron chi connectivity index (χ0n) is 11.3. The highest BCUT2D eigenvalue weighted by molar-refractivity contribution is 7.89.